The molecule has 2 amide bonds. The number of likely N-dealkylation sites (tertiary alicyclic amines) is 1. The molecule has 100 valence electrons. The van der Waals surface area contributed by atoms with Crippen LogP contribution in [0.2, 0.25) is 0 Å². The second-order valence-electron chi connectivity index (χ2n) is 5.13. The Balaban J connectivity index is 2.03. The van der Waals surface area contributed by atoms with Crippen LogP contribution in [0.5, 0.6) is 0 Å². The highest BCUT2D eigenvalue weighted by Crippen LogP contribution is 2.15. The fraction of sp³-hybridized carbons (Fsp3) is 0.692. The van der Waals surface area contributed by atoms with E-state index in [0.29, 0.717) is 17.4 Å². The Labute approximate surface area is 108 Å². The summed E-state index contributed by atoms with van der Waals surface area (Å²) in [6.07, 6.45) is 3.29. The van der Waals surface area contributed by atoms with Crippen LogP contribution in [0.15, 0.2) is 12.7 Å². The Kier molecular flexibility index (Phi) is 4.14. The molecule has 0 aromatic heterocycles. The molecule has 0 aromatic rings. The van der Waals surface area contributed by atoms with Gasteiger partial charge in [-0.1, -0.05) is 6.58 Å². The van der Waals surface area contributed by atoms with Gasteiger partial charge in [0.1, 0.15) is 13.1 Å². The van der Waals surface area contributed by atoms with Crippen molar-refractivity contribution in [1.82, 2.24) is 10.2 Å². The van der Waals surface area contributed by atoms with Crippen LogP contribution < -0.4 is 5.32 Å². The van der Waals surface area contributed by atoms with Gasteiger partial charge in [0.25, 0.3) is 0 Å². The number of rotatable bonds is 4. The summed E-state index contributed by atoms with van der Waals surface area (Å²) < 4.78 is 0.445. The number of carbonyl (C=O) groups is 2. The van der Waals surface area contributed by atoms with Crippen LogP contribution in [0, 0.1) is 0 Å². The smallest absolute Gasteiger partial charge is 0.329 e. The standard InChI is InChI=1S/C13H22N3O2/c1-2-8-16(9-5-14-6-10-16)13(18)11-15-7-3-4-12(15)17/h2,14H,1,3-11H2/q+1. The van der Waals surface area contributed by atoms with Gasteiger partial charge in [0.15, 0.2) is 0 Å². The minimum Gasteiger partial charge on any atom is -0.329 e. The fourth-order valence-electron chi connectivity index (χ4n) is 2.79. The average Bonchev–Trinajstić information content (AvgIpc) is 2.76. The molecule has 5 nitrogen and oxygen atoms in total. The van der Waals surface area contributed by atoms with Crippen LogP contribution in [0.25, 0.3) is 0 Å². The van der Waals surface area contributed by atoms with E-state index in [1.54, 1.807) is 4.90 Å². The first kappa shape index (κ1) is 13.2. The molecule has 2 aliphatic heterocycles. The number of quaternary nitrogens is 1. The fourth-order valence-corrected chi connectivity index (χ4v) is 2.79. The number of nitrogens with zero attached hydrogens (tertiary/aromatic N) is 2. The molecule has 0 radical (unpaired) electrons. The van der Waals surface area contributed by atoms with E-state index in [9.17, 15) is 9.59 Å². The number of amides is 2. The van der Waals surface area contributed by atoms with Gasteiger partial charge in [-0.2, -0.15) is 0 Å². The summed E-state index contributed by atoms with van der Waals surface area (Å²) in [6, 6.07) is 0. The topological polar surface area (TPSA) is 49.4 Å². The third-order valence-corrected chi connectivity index (χ3v) is 3.94. The van der Waals surface area contributed by atoms with Gasteiger partial charge in [0, 0.05) is 26.1 Å². The van der Waals surface area contributed by atoms with E-state index in [-0.39, 0.29) is 18.4 Å². The Morgan fingerprint density at radius 2 is 2.17 bits per heavy atom. The van der Waals surface area contributed by atoms with E-state index in [2.05, 4.69) is 11.9 Å². The van der Waals surface area contributed by atoms with Crippen LogP contribution in [0.4, 0.5) is 0 Å². The van der Waals surface area contributed by atoms with Crippen molar-refractivity contribution >= 4 is 11.8 Å². The Bertz CT molecular complexity index is 348. The van der Waals surface area contributed by atoms with Crippen molar-refractivity contribution in [2.75, 3.05) is 45.8 Å². The molecule has 0 saturated carbocycles. The summed E-state index contributed by atoms with van der Waals surface area (Å²) in [5.41, 5.74) is 0. The SMILES string of the molecule is C=CC[N+]1(C(=O)CN2CCCC2=O)CCNCC1. The van der Waals surface area contributed by atoms with Gasteiger partial charge in [-0.15, -0.1) is 0 Å². The summed E-state index contributed by atoms with van der Waals surface area (Å²) >= 11 is 0. The lowest BCUT2D eigenvalue weighted by Gasteiger charge is -2.39. The van der Waals surface area contributed by atoms with Gasteiger partial charge in [-0.3, -0.25) is 9.28 Å². The van der Waals surface area contributed by atoms with E-state index in [4.69, 9.17) is 0 Å². The third kappa shape index (κ3) is 2.62. The minimum absolute atomic E-state index is 0.121. The zero-order valence-corrected chi connectivity index (χ0v) is 10.9. The molecule has 2 saturated heterocycles. The predicted molar refractivity (Wildman–Crippen MR) is 68.7 cm³/mol. The second kappa shape index (κ2) is 5.63. The molecule has 0 bridgehead atoms. The molecule has 0 atom stereocenters. The third-order valence-electron chi connectivity index (χ3n) is 3.94. The van der Waals surface area contributed by atoms with E-state index in [1.165, 1.54) is 0 Å². The van der Waals surface area contributed by atoms with E-state index < -0.39 is 0 Å². The maximum absolute atomic E-state index is 12.5. The lowest BCUT2D eigenvalue weighted by Crippen LogP contribution is -2.63. The minimum atomic E-state index is 0.121. The molecule has 2 heterocycles. The summed E-state index contributed by atoms with van der Waals surface area (Å²) in [7, 11) is 0. The monoisotopic (exact) mass is 252 g/mol. The van der Waals surface area contributed by atoms with Crippen molar-refractivity contribution in [3.05, 3.63) is 12.7 Å². The number of hydrogen-bond donors (Lipinski definition) is 1. The summed E-state index contributed by atoms with van der Waals surface area (Å²) in [5, 5.41) is 3.27. The predicted octanol–water partition coefficient (Wildman–Crippen LogP) is -0.259. The first-order chi connectivity index (χ1) is 8.68. The summed E-state index contributed by atoms with van der Waals surface area (Å²) in [4.78, 5) is 25.8. The Hall–Kier alpha value is -1.20. The molecule has 0 aromatic carbocycles. The van der Waals surface area contributed by atoms with E-state index in [1.807, 2.05) is 6.08 Å². The van der Waals surface area contributed by atoms with Crippen LogP contribution in [-0.2, 0) is 9.59 Å². The zero-order chi connectivity index (χ0) is 13.0. The van der Waals surface area contributed by atoms with Crippen molar-refractivity contribution in [3.8, 4) is 0 Å². The number of piperazine rings is 1. The molecule has 2 fully saturated rings. The van der Waals surface area contributed by atoms with Gasteiger partial charge in [-0.25, -0.2) is 4.79 Å². The first-order valence-electron chi connectivity index (χ1n) is 6.67. The normalized spacial score (nSPS) is 23.1. The molecule has 5 heteroatoms. The van der Waals surface area contributed by atoms with E-state index in [0.717, 1.165) is 39.1 Å². The molecule has 18 heavy (non-hydrogen) atoms. The lowest BCUT2D eigenvalue weighted by molar-refractivity contribution is -0.850. The van der Waals surface area contributed by atoms with Crippen LogP contribution in [-0.4, -0.2) is 67.0 Å². The van der Waals surface area contributed by atoms with Crippen molar-refractivity contribution in [1.29, 1.82) is 0 Å². The molecule has 2 rings (SSSR count). The van der Waals surface area contributed by atoms with E-state index >= 15 is 0 Å². The number of nitrogens with one attached hydrogen (secondary N) is 1. The van der Waals surface area contributed by atoms with Crippen LogP contribution in [0.1, 0.15) is 12.8 Å². The number of hydrogen-bond acceptors (Lipinski definition) is 3. The maximum atomic E-state index is 12.5. The molecular weight excluding hydrogens is 230 g/mol. The first-order valence-corrected chi connectivity index (χ1v) is 6.67. The summed E-state index contributed by atoms with van der Waals surface area (Å²) in [5.74, 6) is 0.280. The highest BCUT2D eigenvalue weighted by atomic mass is 16.2. The Morgan fingerprint density at radius 3 is 2.72 bits per heavy atom. The van der Waals surface area contributed by atoms with Crippen LogP contribution >= 0.6 is 0 Å². The average molecular weight is 252 g/mol. The second-order valence-corrected chi connectivity index (χ2v) is 5.13. The molecule has 2 aliphatic rings. The van der Waals surface area contributed by atoms with Gasteiger partial charge >= 0.3 is 5.91 Å². The van der Waals surface area contributed by atoms with Crippen molar-refractivity contribution in [2.45, 2.75) is 12.8 Å². The molecule has 0 spiro atoms. The molecule has 0 unspecified atom stereocenters. The summed E-state index contributed by atoms with van der Waals surface area (Å²) in [6.45, 7) is 8.74. The zero-order valence-electron chi connectivity index (χ0n) is 10.9. The highest BCUT2D eigenvalue weighted by Gasteiger charge is 2.38. The van der Waals surface area contributed by atoms with Crippen molar-refractivity contribution in [3.63, 3.8) is 0 Å². The number of carbonyl (C=O) groups excluding carboxylic acids is 2. The van der Waals surface area contributed by atoms with Gasteiger partial charge in [0.05, 0.1) is 13.1 Å². The van der Waals surface area contributed by atoms with Gasteiger partial charge in [-0.05, 0) is 12.5 Å². The molecular formula is C13H22N3O2+. The van der Waals surface area contributed by atoms with Crippen molar-refractivity contribution < 1.29 is 14.1 Å². The largest absolute Gasteiger partial charge is 0.333 e. The van der Waals surface area contributed by atoms with Crippen LogP contribution in [0.3, 0.4) is 0 Å². The Morgan fingerprint density at radius 1 is 1.44 bits per heavy atom. The molecule has 0 aliphatic carbocycles. The maximum Gasteiger partial charge on any atom is 0.333 e. The van der Waals surface area contributed by atoms with Crippen molar-refractivity contribution in [2.24, 2.45) is 0 Å². The molecule has 1 N–H and O–H groups in total. The van der Waals surface area contributed by atoms with Gasteiger partial charge in [0.2, 0.25) is 5.91 Å². The highest BCUT2D eigenvalue weighted by molar-refractivity contribution is 5.83. The quantitative estimate of drug-likeness (QED) is 0.554. The lowest BCUT2D eigenvalue weighted by atomic mass is 10.2. The van der Waals surface area contributed by atoms with Gasteiger partial charge < -0.3 is 10.2 Å².